The molecule has 0 aromatic rings. The Bertz CT molecular complexity index is 449. The summed E-state index contributed by atoms with van der Waals surface area (Å²) in [7, 11) is -3.83. The molecule has 2 unspecified atom stereocenters. The lowest BCUT2D eigenvalue weighted by Gasteiger charge is -2.11. The number of terminal acetylenes is 1. The molecule has 0 saturated carbocycles. The van der Waals surface area contributed by atoms with Gasteiger partial charge in [0.25, 0.3) is 0 Å². The van der Waals surface area contributed by atoms with Crippen LogP contribution in [0.25, 0.3) is 0 Å². The van der Waals surface area contributed by atoms with E-state index in [2.05, 4.69) is 5.32 Å². The zero-order valence-corrected chi connectivity index (χ0v) is 9.50. The third kappa shape index (κ3) is 2.73. The summed E-state index contributed by atoms with van der Waals surface area (Å²) < 4.78 is 24.2. The molecule has 2 amide bonds. The summed E-state index contributed by atoms with van der Waals surface area (Å²) in [5.74, 6) is -1.13. The zero-order valence-electron chi connectivity index (χ0n) is 8.69. The number of carbonyl (C=O) groups excluding carboxylic acids is 2. The number of sulfonamides is 1. The Hall–Kier alpha value is -1.55. The zero-order chi connectivity index (χ0) is 12.3. The van der Waals surface area contributed by atoms with Crippen LogP contribution in [0.15, 0.2) is 0 Å². The largest absolute Gasteiger partial charge is 0.355 e. The average Bonchev–Trinajstić information content (AvgIpc) is 2.44. The second-order valence-corrected chi connectivity index (χ2v) is 5.35. The Kier molecular flexibility index (Phi) is 3.55. The molecule has 1 aliphatic rings. The van der Waals surface area contributed by atoms with Crippen molar-refractivity contribution in [1.82, 2.24) is 10.0 Å². The minimum absolute atomic E-state index is 0.228. The summed E-state index contributed by atoms with van der Waals surface area (Å²) in [5.41, 5.74) is 0. The Morgan fingerprint density at radius 2 is 2.31 bits per heavy atom. The van der Waals surface area contributed by atoms with Gasteiger partial charge in [-0.3, -0.25) is 14.3 Å². The van der Waals surface area contributed by atoms with Crippen LogP contribution >= 0.6 is 0 Å². The van der Waals surface area contributed by atoms with Crippen molar-refractivity contribution in [2.24, 2.45) is 11.8 Å². The Morgan fingerprint density at radius 1 is 1.69 bits per heavy atom. The molecule has 0 spiro atoms. The number of hydrogen-bond donors (Lipinski definition) is 2. The van der Waals surface area contributed by atoms with Crippen LogP contribution in [0, 0.1) is 24.2 Å². The van der Waals surface area contributed by atoms with Gasteiger partial charge in [0.2, 0.25) is 21.8 Å². The van der Waals surface area contributed by atoms with Crippen LogP contribution < -0.4 is 10.0 Å². The van der Waals surface area contributed by atoms with Crippen LogP contribution in [0.5, 0.6) is 0 Å². The first-order valence-corrected chi connectivity index (χ1v) is 6.28. The molecule has 16 heavy (non-hydrogen) atoms. The van der Waals surface area contributed by atoms with Crippen LogP contribution in [0.3, 0.4) is 0 Å². The van der Waals surface area contributed by atoms with Crippen LogP contribution in [0.1, 0.15) is 6.92 Å². The monoisotopic (exact) mass is 244 g/mol. The van der Waals surface area contributed by atoms with Gasteiger partial charge in [0.05, 0.1) is 0 Å². The summed E-state index contributed by atoms with van der Waals surface area (Å²) in [5, 5.41) is 2.48. The predicted octanol–water partition coefficient (Wildman–Crippen LogP) is -1.55. The van der Waals surface area contributed by atoms with E-state index in [1.165, 1.54) is 0 Å². The SMILES string of the molecule is C#CCS(=O)(=O)NC(=O)C1C(=O)NCC1C. The fourth-order valence-electron chi connectivity index (χ4n) is 1.49. The molecule has 1 saturated heterocycles. The van der Waals surface area contributed by atoms with Crippen molar-refractivity contribution < 1.29 is 18.0 Å². The van der Waals surface area contributed by atoms with Crippen molar-refractivity contribution in [2.45, 2.75) is 6.92 Å². The van der Waals surface area contributed by atoms with Gasteiger partial charge < -0.3 is 5.32 Å². The Morgan fingerprint density at radius 3 is 2.75 bits per heavy atom. The molecule has 0 aromatic carbocycles. The number of amides is 2. The standard InChI is InChI=1S/C9H12N2O4S/c1-3-4-16(14,15)11-9(13)7-6(2)5-10-8(7)12/h1,6-7H,4-5H2,2H3,(H,10,12)(H,11,13). The lowest BCUT2D eigenvalue weighted by molar-refractivity contribution is -0.132. The lowest BCUT2D eigenvalue weighted by atomic mass is 9.97. The van der Waals surface area contributed by atoms with Crippen molar-refractivity contribution in [3.05, 3.63) is 0 Å². The van der Waals surface area contributed by atoms with E-state index in [0.717, 1.165) is 0 Å². The smallest absolute Gasteiger partial charge is 0.246 e. The molecule has 0 aliphatic carbocycles. The molecule has 2 atom stereocenters. The van der Waals surface area contributed by atoms with Crippen molar-refractivity contribution in [3.63, 3.8) is 0 Å². The first-order chi connectivity index (χ1) is 7.37. The van der Waals surface area contributed by atoms with Gasteiger partial charge in [-0.05, 0) is 5.92 Å². The van der Waals surface area contributed by atoms with Crippen molar-refractivity contribution >= 4 is 21.8 Å². The minimum Gasteiger partial charge on any atom is -0.355 e. The maximum absolute atomic E-state index is 11.5. The minimum atomic E-state index is -3.83. The van der Waals surface area contributed by atoms with E-state index in [9.17, 15) is 18.0 Å². The maximum atomic E-state index is 11.5. The van der Waals surface area contributed by atoms with Gasteiger partial charge in [-0.15, -0.1) is 6.42 Å². The van der Waals surface area contributed by atoms with Crippen LogP contribution in [0.4, 0.5) is 0 Å². The summed E-state index contributed by atoms with van der Waals surface area (Å²) in [6.45, 7) is 2.06. The topological polar surface area (TPSA) is 92.3 Å². The number of rotatable bonds is 3. The molecule has 7 heteroatoms. The lowest BCUT2D eigenvalue weighted by Crippen LogP contribution is -2.41. The molecule has 1 rings (SSSR count). The molecular formula is C9H12N2O4S. The van der Waals surface area contributed by atoms with Gasteiger partial charge >= 0.3 is 0 Å². The maximum Gasteiger partial charge on any atom is 0.246 e. The van der Waals surface area contributed by atoms with E-state index in [4.69, 9.17) is 6.42 Å². The van der Waals surface area contributed by atoms with Gasteiger partial charge in [0.1, 0.15) is 11.7 Å². The highest BCUT2D eigenvalue weighted by Gasteiger charge is 2.38. The molecule has 88 valence electrons. The second kappa shape index (κ2) is 4.53. The summed E-state index contributed by atoms with van der Waals surface area (Å²) in [4.78, 5) is 22.8. The third-order valence-electron chi connectivity index (χ3n) is 2.26. The molecular weight excluding hydrogens is 232 g/mol. The van der Waals surface area contributed by atoms with Gasteiger partial charge in [-0.2, -0.15) is 0 Å². The van der Waals surface area contributed by atoms with Gasteiger partial charge in [0, 0.05) is 6.54 Å². The molecule has 1 heterocycles. The number of hydrogen-bond acceptors (Lipinski definition) is 4. The summed E-state index contributed by atoms with van der Waals surface area (Å²) in [6, 6.07) is 0. The molecule has 2 N–H and O–H groups in total. The average molecular weight is 244 g/mol. The molecule has 1 aliphatic heterocycles. The number of nitrogens with one attached hydrogen (secondary N) is 2. The molecule has 0 radical (unpaired) electrons. The molecule has 0 aromatic heterocycles. The quantitative estimate of drug-likeness (QED) is 0.464. The summed E-state index contributed by atoms with van der Waals surface area (Å²) >= 11 is 0. The van der Waals surface area contributed by atoms with E-state index < -0.39 is 33.5 Å². The first kappa shape index (κ1) is 12.5. The van der Waals surface area contributed by atoms with Crippen LogP contribution in [-0.2, 0) is 19.6 Å². The van der Waals surface area contributed by atoms with Gasteiger partial charge in [-0.1, -0.05) is 12.8 Å². The highest BCUT2D eigenvalue weighted by molar-refractivity contribution is 7.90. The van der Waals surface area contributed by atoms with Crippen molar-refractivity contribution in [2.75, 3.05) is 12.3 Å². The Balaban J connectivity index is 2.74. The van der Waals surface area contributed by atoms with E-state index in [0.29, 0.717) is 6.54 Å². The highest BCUT2D eigenvalue weighted by Crippen LogP contribution is 2.17. The van der Waals surface area contributed by atoms with E-state index in [1.54, 1.807) is 11.6 Å². The van der Waals surface area contributed by atoms with Gasteiger partial charge in [-0.25, -0.2) is 8.42 Å². The van der Waals surface area contributed by atoms with Crippen LogP contribution in [0.2, 0.25) is 0 Å². The van der Waals surface area contributed by atoms with Gasteiger partial charge in [0.15, 0.2) is 0 Å². The van der Waals surface area contributed by atoms with E-state index >= 15 is 0 Å². The first-order valence-electron chi connectivity index (χ1n) is 4.63. The molecule has 1 fully saturated rings. The number of carbonyl (C=O) groups is 2. The third-order valence-corrected chi connectivity index (χ3v) is 3.32. The van der Waals surface area contributed by atoms with E-state index in [-0.39, 0.29) is 5.92 Å². The second-order valence-electron chi connectivity index (χ2n) is 3.63. The summed E-state index contributed by atoms with van der Waals surface area (Å²) in [6.07, 6.45) is 4.84. The fraction of sp³-hybridized carbons (Fsp3) is 0.556. The molecule has 0 bridgehead atoms. The fourth-order valence-corrected chi connectivity index (χ4v) is 2.21. The van der Waals surface area contributed by atoms with E-state index in [1.807, 2.05) is 5.92 Å². The predicted molar refractivity (Wildman–Crippen MR) is 56.4 cm³/mol. The molecule has 6 nitrogen and oxygen atoms in total. The Labute approximate surface area is 93.8 Å². The normalized spacial score (nSPS) is 24.6. The highest BCUT2D eigenvalue weighted by atomic mass is 32.2. The van der Waals surface area contributed by atoms with Crippen molar-refractivity contribution in [3.8, 4) is 12.3 Å². The van der Waals surface area contributed by atoms with Crippen molar-refractivity contribution in [1.29, 1.82) is 0 Å². The van der Waals surface area contributed by atoms with Crippen LogP contribution in [-0.4, -0.2) is 32.5 Å².